The van der Waals surface area contributed by atoms with E-state index in [4.69, 9.17) is 16.3 Å². The molecule has 0 aliphatic heterocycles. The van der Waals surface area contributed by atoms with Crippen molar-refractivity contribution in [3.8, 4) is 0 Å². The molecule has 14 heavy (non-hydrogen) atoms. The van der Waals surface area contributed by atoms with E-state index < -0.39 is 0 Å². The molecule has 0 aromatic carbocycles. The van der Waals surface area contributed by atoms with Crippen molar-refractivity contribution < 1.29 is 4.74 Å². The summed E-state index contributed by atoms with van der Waals surface area (Å²) in [7, 11) is 3.65. The Kier molecular flexibility index (Phi) is 4.62. The lowest BCUT2D eigenvalue weighted by Gasteiger charge is -2.17. The van der Waals surface area contributed by atoms with Gasteiger partial charge in [-0.05, 0) is 6.42 Å². The molecule has 0 atom stereocenters. The number of hydrogen-bond acceptors (Lipinski definition) is 4. The van der Waals surface area contributed by atoms with Gasteiger partial charge < -0.3 is 9.64 Å². The zero-order chi connectivity index (χ0) is 10.4. The van der Waals surface area contributed by atoms with E-state index in [0.29, 0.717) is 5.15 Å². The monoisotopic (exact) mass is 215 g/mol. The first-order valence-corrected chi connectivity index (χ1v) is 4.79. The third-order valence-corrected chi connectivity index (χ3v) is 2.01. The molecule has 0 unspecified atom stereocenters. The van der Waals surface area contributed by atoms with E-state index in [9.17, 15) is 0 Å². The Bertz CT molecular complexity index is 283. The second kappa shape index (κ2) is 5.78. The molecular formula is C9H14ClN3O. The third-order valence-electron chi connectivity index (χ3n) is 1.83. The molecule has 0 radical (unpaired) electrons. The number of nitrogens with zero attached hydrogens (tertiary/aromatic N) is 3. The fourth-order valence-corrected chi connectivity index (χ4v) is 1.22. The smallest absolute Gasteiger partial charge is 0.149 e. The minimum absolute atomic E-state index is 0.418. The van der Waals surface area contributed by atoms with Crippen molar-refractivity contribution in [1.82, 2.24) is 9.97 Å². The number of rotatable bonds is 5. The van der Waals surface area contributed by atoms with Crippen LogP contribution in [0.25, 0.3) is 0 Å². The van der Waals surface area contributed by atoms with Crippen LogP contribution in [0.3, 0.4) is 0 Å². The predicted molar refractivity (Wildman–Crippen MR) is 56.8 cm³/mol. The van der Waals surface area contributed by atoms with Gasteiger partial charge in [0.2, 0.25) is 0 Å². The summed E-state index contributed by atoms with van der Waals surface area (Å²) in [4.78, 5) is 10.1. The van der Waals surface area contributed by atoms with E-state index in [0.717, 1.165) is 25.4 Å². The summed E-state index contributed by atoms with van der Waals surface area (Å²) < 4.78 is 4.96. The predicted octanol–water partition coefficient (Wildman–Crippen LogP) is 1.60. The molecule has 78 valence electrons. The summed E-state index contributed by atoms with van der Waals surface area (Å²) in [5, 5.41) is 0.418. The molecule has 0 fully saturated rings. The summed E-state index contributed by atoms with van der Waals surface area (Å²) in [6, 6.07) is 0. The largest absolute Gasteiger partial charge is 0.385 e. The quantitative estimate of drug-likeness (QED) is 0.700. The van der Waals surface area contributed by atoms with Crippen LogP contribution in [-0.2, 0) is 4.74 Å². The zero-order valence-corrected chi connectivity index (χ0v) is 9.16. The molecule has 0 saturated heterocycles. The first-order chi connectivity index (χ1) is 6.74. The summed E-state index contributed by atoms with van der Waals surface area (Å²) in [6.45, 7) is 1.63. The van der Waals surface area contributed by atoms with Gasteiger partial charge in [0.15, 0.2) is 0 Å². The molecule has 1 heterocycles. The Morgan fingerprint density at radius 3 is 2.93 bits per heavy atom. The van der Waals surface area contributed by atoms with Gasteiger partial charge in [-0.25, -0.2) is 4.98 Å². The number of hydrogen-bond donors (Lipinski definition) is 0. The molecule has 0 saturated carbocycles. The molecule has 0 N–H and O–H groups in total. The number of methoxy groups -OCH3 is 1. The SMILES string of the molecule is COCCCN(C)c1cncc(Cl)n1. The van der Waals surface area contributed by atoms with Crippen molar-refractivity contribution in [2.75, 3.05) is 32.2 Å². The van der Waals surface area contributed by atoms with Gasteiger partial charge in [0.1, 0.15) is 11.0 Å². The molecule has 4 nitrogen and oxygen atoms in total. The van der Waals surface area contributed by atoms with Crippen LogP contribution >= 0.6 is 11.6 Å². The maximum Gasteiger partial charge on any atom is 0.149 e. The number of anilines is 1. The number of ether oxygens (including phenoxy) is 1. The lowest BCUT2D eigenvalue weighted by Crippen LogP contribution is -2.20. The van der Waals surface area contributed by atoms with Gasteiger partial charge in [-0.2, -0.15) is 0 Å². The molecule has 1 aromatic heterocycles. The van der Waals surface area contributed by atoms with Crippen molar-refractivity contribution in [2.24, 2.45) is 0 Å². The van der Waals surface area contributed by atoms with E-state index in [1.165, 1.54) is 6.20 Å². The van der Waals surface area contributed by atoms with Gasteiger partial charge in [0.05, 0.1) is 12.4 Å². The van der Waals surface area contributed by atoms with E-state index in [2.05, 4.69) is 9.97 Å². The minimum Gasteiger partial charge on any atom is -0.385 e. The van der Waals surface area contributed by atoms with Gasteiger partial charge in [0, 0.05) is 27.3 Å². The second-order valence-corrected chi connectivity index (χ2v) is 3.36. The van der Waals surface area contributed by atoms with Gasteiger partial charge in [0.25, 0.3) is 0 Å². The zero-order valence-electron chi connectivity index (χ0n) is 8.40. The van der Waals surface area contributed by atoms with Crippen LogP contribution in [0, 0.1) is 0 Å². The fourth-order valence-electron chi connectivity index (χ4n) is 1.08. The lowest BCUT2D eigenvalue weighted by molar-refractivity contribution is 0.196. The molecule has 1 aromatic rings. The third kappa shape index (κ3) is 3.47. The van der Waals surface area contributed by atoms with Crippen LogP contribution in [0.5, 0.6) is 0 Å². The lowest BCUT2D eigenvalue weighted by atomic mass is 10.4. The molecule has 0 spiro atoms. The molecular weight excluding hydrogens is 202 g/mol. The molecule has 5 heteroatoms. The van der Waals surface area contributed by atoms with E-state index in [1.54, 1.807) is 13.3 Å². The van der Waals surface area contributed by atoms with Crippen LogP contribution in [0.2, 0.25) is 5.15 Å². The highest BCUT2D eigenvalue weighted by atomic mass is 35.5. The van der Waals surface area contributed by atoms with Crippen molar-refractivity contribution >= 4 is 17.4 Å². The topological polar surface area (TPSA) is 38.2 Å². The highest BCUT2D eigenvalue weighted by molar-refractivity contribution is 6.29. The number of aromatic nitrogens is 2. The van der Waals surface area contributed by atoms with Crippen molar-refractivity contribution in [3.05, 3.63) is 17.5 Å². The van der Waals surface area contributed by atoms with E-state index >= 15 is 0 Å². The van der Waals surface area contributed by atoms with Crippen LogP contribution in [0.1, 0.15) is 6.42 Å². The summed E-state index contributed by atoms with van der Waals surface area (Å²) in [6.07, 6.45) is 4.17. The van der Waals surface area contributed by atoms with Crippen molar-refractivity contribution in [3.63, 3.8) is 0 Å². The summed E-state index contributed by atoms with van der Waals surface area (Å²) >= 11 is 5.73. The van der Waals surface area contributed by atoms with Crippen LogP contribution in [0.15, 0.2) is 12.4 Å². The Labute approximate surface area is 88.9 Å². The van der Waals surface area contributed by atoms with Crippen LogP contribution in [0.4, 0.5) is 5.82 Å². The maximum absolute atomic E-state index is 5.73. The van der Waals surface area contributed by atoms with Crippen LogP contribution < -0.4 is 4.90 Å². The van der Waals surface area contributed by atoms with Gasteiger partial charge in [-0.1, -0.05) is 11.6 Å². The molecule has 0 aliphatic rings. The summed E-state index contributed by atoms with van der Waals surface area (Å²) in [5.41, 5.74) is 0. The van der Waals surface area contributed by atoms with Gasteiger partial charge >= 0.3 is 0 Å². The average molecular weight is 216 g/mol. The normalized spacial score (nSPS) is 10.2. The first kappa shape index (κ1) is 11.2. The Morgan fingerprint density at radius 2 is 2.29 bits per heavy atom. The Hall–Kier alpha value is -0.870. The standard InChI is InChI=1S/C9H14ClN3O/c1-13(4-3-5-14-2)9-7-11-6-8(10)12-9/h6-7H,3-5H2,1-2H3. The summed E-state index contributed by atoms with van der Waals surface area (Å²) in [5.74, 6) is 0.786. The first-order valence-electron chi connectivity index (χ1n) is 4.41. The minimum atomic E-state index is 0.418. The van der Waals surface area contributed by atoms with Gasteiger partial charge in [-0.15, -0.1) is 0 Å². The number of halogens is 1. The van der Waals surface area contributed by atoms with Gasteiger partial charge in [-0.3, -0.25) is 4.98 Å². The second-order valence-electron chi connectivity index (χ2n) is 2.97. The van der Waals surface area contributed by atoms with Crippen LogP contribution in [-0.4, -0.2) is 37.3 Å². The van der Waals surface area contributed by atoms with Crippen molar-refractivity contribution in [1.29, 1.82) is 0 Å². The van der Waals surface area contributed by atoms with E-state index in [1.807, 2.05) is 11.9 Å². The molecule has 1 rings (SSSR count). The fraction of sp³-hybridized carbons (Fsp3) is 0.556. The molecule has 0 amide bonds. The Morgan fingerprint density at radius 1 is 1.50 bits per heavy atom. The average Bonchev–Trinajstić information content (AvgIpc) is 2.18. The molecule has 0 aliphatic carbocycles. The highest BCUT2D eigenvalue weighted by Gasteiger charge is 2.02. The molecule has 0 bridgehead atoms. The Balaban J connectivity index is 2.47. The highest BCUT2D eigenvalue weighted by Crippen LogP contribution is 2.10. The maximum atomic E-state index is 5.73. The van der Waals surface area contributed by atoms with Crippen molar-refractivity contribution in [2.45, 2.75) is 6.42 Å². The van der Waals surface area contributed by atoms with E-state index in [-0.39, 0.29) is 0 Å².